The highest BCUT2D eigenvalue weighted by Gasteiger charge is 2.16. The van der Waals surface area contributed by atoms with Crippen molar-refractivity contribution in [2.24, 2.45) is 0 Å². The molecule has 1 N–H and O–H groups in total. The predicted octanol–water partition coefficient (Wildman–Crippen LogP) is 3.40. The number of nitrogens with one attached hydrogen (secondary N) is 1. The van der Waals surface area contributed by atoms with Crippen LogP contribution in [0.2, 0.25) is 0 Å². The molecule has 0 saturated carbocycles. The summed E-state index contributed by atoms with van der Waals surface area (Å²) in [5, 5.41) is 3.91. The Bertz CT molecular complexity index is 950. The number of aromatic nitrogens is 2. The zero-order valence-corrected chi connectivity index (χ0v) is 16.7. The summed E-state index contributed by atoms with van der Waals surface area (Å²) in [6.07, 6.45) is 1.67. The van der Waals surface area contributed by atoms with Gasteiger partial charge in [0.25, 0.3) is 5.91 Å². The lowest BCUT2D eigenvalue weighted by atomic mass is 10.2. The Balaban J connectivity index is 1.79. The van der Waals surface area contributed by atoms with Gasteiger partial charge < -0.3 is 24.3 Å². The lowest BCUT2D eigenvalue weighted by Crippen LogP contribution is -2.23. The number of pyridine rings is 1. The van der Waals surface area contributed by atoms with Crippen LogP contribution in [0, 0.1) is 0 Å². The fourth-order valence-electron chi connectivity index (χ4n) is 3.13. The van der Waals surface area contributed by atoms with Gasteiger partial charge >= 0.3 is 0 Å². The van der Waals surface area contributed by atoms with Gasteiger partial charge in [-0.05, 0) is 43.3 Å². The molecular weight excluding hydrogens is 356 g/mol. The van der Waals surface area contributed by atoms with Gasteiger partial charge in [-0.25, -0.2) is 4.98 Å². The Kier molecular flexibility index (Phi) is 6.16. The number of methoxy groups -OCH3 is 2. The molecule has 3 aromatic rings. The Hall–Kier alpha value is -3.06. The summed E-state index contributed by atoms with van der Waals surface area (Å²) in [7, 11) is 5.26. The van der Waals surface area contributed by atoms with E-state index in [1.54, 1.807) is 20.4 Å². The van der Waals surface area contributed by atoms with Gasteiger partial charge in [0.05, 0.1) is 25.6 Å². The second-order valence-corrected chi connectivity index (χ2v) is 6.47. The first kappa shape index (κ1) is 19.7. The standard InChI is InChI=1S/C21H26N4O3/c1-5-25-18-8-7-17(28-4)12-15(18)13-19(25)21(26)23-16-6-9-20(22-14-16)24(2)10-11-27-3/h6-9,12-14H,5,10-11H2,1-4H3,(H,23,26). The number of benzene rings is 1. The van der Waals surface area contributed by atoms with Crippen molar-refractivity contribution < 1.29 is 14.3 Å². The van der Waals surface area contributed by atoms with Crippen molar-refractivity contribution in [3.8, 4) is 5.75 Å². The van der Waals surface area contributed by atoms with Gasteiger partial charge in [-0.1, -0.05) is 0 Å². The third-order valence-corrected chi connectivity index (χ3v) is 4.69. The highest BCUT2D eigenvalue weighted by molar-refractivity contribution is 6.06. The predicted molar refractivity (Wildman–Crippen MR) is 112 cm³/mol. The number of anilines is 2. The van der Waals surface area contributed by atoms with Crippen molar-refractivity contribution >= 4 is 28.3 Å². The summed E-state index contributed by atoms with van der Waals surface area (Å²) in [6, 6.07) is 11.4. The second-order valence-electron chi connectivity index (χ2n) is 6.47. The van der Waals surface area contributed by atoms with E-state index in [2.05, 4.69) is 10.3 Å². The molecule has 0 spiro atoms. The van der Waals surface area contributed by atoms with Crippen LogP contribution >= 0.6 is 0 Å². The van der Waals surface area contributed by atoms with E-state index in [-0.39, 0.29) is 5.91 Å². The van der Waals surface area contributed by atoms with Gasteiger partial charge in [0.2, 0.25) is 0 Å². The number of aryl methyl sites for hydroxylation is 1. The minimum Gasteiger partial charge on any atom is -0.497 e. The molecule has 148 valence electrons. The maximum Gasteiger partial charge on any atom is 0.272 e. The number of rotatable bonds is 8. The summed E-state index contributed by atoms with van der Waals surface area (Å²) < 4.78 is 12.4. The lowest BCUT2D eigenvalue weighted by molar-refractivity contribution is 0.101. The van der Waals surface area contributed by atoms with Gasteiger partial charge in [-0.2, -0.15) is 0 Å². The molecular formula is C21H26N4O3. The summed E-state index contributed by atoms with van der Waals surface area (Å²) in [4.78, 5) is 19.3. The number of hydrogen-bond donors (Lipinski definition) is 1. The highest BCUT2D eigenvalue weighted by Crippen LogP contribution is 2.25. The molecule has 0 aliphatic carbocycles. The average molecular weight is 382 g/mol. The first-order valence-electron chi connectivity index (χ1n) is 9.22. The van der Waals surface area contributed by atoms with Crippen LogP contribution in [0.15, 0.2) is 42.6 Å². The Morgan fingerprint density at radius 3 is 2.68 bits per heavy atom. The first-order valence-corrected chi connectivity index (χ1v) is 9.22. The molecule has 1 aromatic carbocycles. The molecule has 0 atom stereocenters. The highest BCUT2D eigenvalue weighted by atomic mass is 16.5. The SMILES string of the molecule is CCn1c(C(=O)Nc2ccc(N(C)CCOC)nc2)cc2cc(OC)ccc21. The topological polar surface area (TPSA) is 68.6 Å². The summed E-state index contributed by atoms with van der Waals surface area (Å²) in [5.41, 5.74) is 2.26. The Morgan fingerprint density at radius 1 is 1.21 bits per heavy atom. The van der Waals surface area contributed by atoms with E-state index < -0.39 is 0 Å². The van der Waals surface area contributed by atoms with E-state index in [1.165, 1.54) is 0 Å². The van der Waals surface area contributed by atoms with Gasteiger partial charge in [0.15, 0.2) is 0 Å². The number of likely N-dealkylation sites (N-methyl/N-ethyl adjacent to an activating group) is 1. The fraction of sp³-hybridized carbons (Fsp3) is 0.333. The average Bonchev–Trinajstić information content (AvgIpc) is 3.10. The number of amides is 1. The van der Waals surface area contributed by atoms with Crippen LogP contribution in [-0.4, -0.2) is 49.9 Å². The monoisotopic (exact) mass is 382 g/mol. The van der Waals surface area contributed by atoms with Crippen LogP contribution in [0.4, 0.5) is 11.5 Å². The normalized spacial score (nSPS) is 10.9. The third-order valence-electron chi connectivity index (χ3n) is 4.69. The Labute approximate surface area is 164 Å². The molecule has 2 heterocycles. The van der Waals surface area contributed by atoms with Crippen LogP contribution in [0.5, 0.6) is 5.75 Å². The summed E-state index contributed by atoms with van der Waals surface area (Å²) in [6.45, 7) is 4.09. The van der Waals surface area contributed by atoms with Gasteiger partial charge in [0, 0.05) is 38.1 Å². The minimum absolute atomic E-state index is 0.167. The molecule has 0 aliphatic heterocycles. The van der Waals surface area contributed by atoms with E-state index in [0.717, 1.165) is 29.0 Å². The molecule has 0 fully saturated rings. The van der Waals surface area contributed by atoms with Gasteiger partial charge in [0.1, 0.15) is 17.3 Å². The zero-order chi connectivity index (χ0) is 20.1. The molecule has 0 aliphatic rings. The van der Waals surface area contributed by atoms with Crippen molar-refractivity contribution in [2.45, 2.75) is 13.5 Å². The number of carbonyl (C=O) groups is 1. The first-order chi connectivity index (χ1) is 13.6. The van der Waals surface area contributed by atoms with E-state index in [0.29, 0.717) is 24.5 Å². The largest absolute Gasteiger partial charge is 0.497 e. The molecule has 7 heteroatoms. The second kappa shape index (κ2) is 8.75. The molecule has 28 heavy (non-hydrogen) atoms. The van der Waals surface area contributed by atoms with Crippen LogP contribution in [-0.2, 0) is 11.3 Å². The van der Waals surface area contributed by atoms with Crippen LogP contribution in [0.1, 0.15) is 17.4 Å². The number of carbonyl (C=O) groups excluding carboxylic acids is 1. The van der Waals surface area contributed by atoms with E-state index in [1.807, 2.05) is 59.8 Å². The van der Waals surface area contributed by atoms with Crippen molar-refractivity contribution in [1.29, 1.82) is 0 Å². The third kappa shape index (κ3) is 4.09. The molecule has 7 nitrogen and oxygen atoms in total. The maximum atomic E-state index is 12.9. The molecule has 3 rings (SSSR count). The molecule has 0 radical (unpaired) electrons. The summed E-state index contributed by atoms with van der Waals surface area (Å²) >= 11 is 0. The number of hydrogen-bond acceptors (Lipinski definition) is 5. The van der Waals surface area contributed by atoms with Crippen LogP contribution < -0.4 is 15.0 Å². The lowest BCUT2D eigenvalue weighted by Gasteiger charge is -2.17. The smallest absolute Gasteiger partial charge is 0.272 e. The molecule has 1 amide bonds. The van der Waals surface area contributed by atoms with Crippen molar-refractivity contribution in [1.82, 2.24) is 9.55 Å². The molecule has 0 unspecified atom stereocenters. The van der Waals surface area contributed by atoms with Gasteiger partial charge in [-0.3, -0.25) is 4.79 Å². The molecule has 0 bridgehead atoms. The number of ether oxygens (including phenoxy) is 2. The molecule has 2 aromatic heterocycles. The fourth-order valence-corrected chi connectivity index (χ4v) is 3.13. The molecule has 0 saturated heterocycles. The number of nitrogens with zero attached hydrogens (tertiary/aromatic N) is 3. The minimum atomic E-state index is -0.167. The van der Waals surface area contributed by atoms with Crippen molar-refractivity contribution in [3.63, 3.8) is 0 Å². The Morgan fingerprint density at radius 2 is 2.04 bits per heavy atom. The van der Waals surface area contributed by atoms with Gasteiger partial charge in [-0.15, -0.1) is 0 Å². The zero-order valence-electron chi connectivity index (χ0n) is 16.7. The van der Waals surface area contributed by atoms with Crippen molar-refractivity contribution in [3.05, 3.63) is 48.3 Å². The summed E-state index contributed by atoms with van der Waals surface area (Å²) in [5.74, 6) is 1.43. The van der Waals surface area contributed by atoms with Crippen LogP contribution in [0.25, 0.3) is 10.9 Å². The van der Waals surface area contributed by atoms with Crippen LogP contribution in [0.3, 0.4) is 0 Å². The van der Waals surface area contributed by atoms with E-state index >= 15 is 0 Å². The van der Waals surface area contributed by atoms with E-state index in [4.69, 9.17) is 9.47 Å². The quantitative estimate of drug-likeness (QED) is 0.647. The maximum absolute atomic E-state index is 12.9. The van der Waals surface area contributed by atoms with E-state index in [9.17, 15) is 4.79 Å². The number of fused-ring (bicyclic) bond motifs is 1. The van der Waals surface area contributed by atoms with Crippen molar-refractivity contribution in [2.75, 3.05) is 44.6 Å².